The first-order valence-corrected chi connectivity index (χ1v) is 9.08. The summed E-state index contributed by atoms with van der Waals surface area (Å²) in [7, 11) is 1.70. The summed E-state index contributed by atoms with van der Waals surface area (Å²) in [6.45, 7) is 9.79. The van der Waals surface area contributed by atoms with Crippen LogP contribution in [-0.4, -0.2) is 25.2 Å². The van der Waals surface area contributed by atoms with E-state index in [2.05, 4.69) is 80.8 Å². The number of nitrogens with one attached hydrogen (secondary N) is 2. The van der Waals surface area contributed by atoms with E-state index in [0.717, 1.165) is 18.7 Å². The fraction of sp³-hybridized carbons (Fsp3) is 0.455. The lowest BCUT2D eigenvalue weighted by Gasteiger charge is -2.33. The lowest BCUT2D eigenvalue weighted by Crippen LogP contribution is -2.50. The van der Waals surface area contributed by atoms with Gasteiger partial charge >= 0.3 is 0 Å². The SMILES string of the molecule is COc1ccc(C(Cc2ccccc2)NC(C)(C)CNC(C)C)cc1. The van der Waals surface area contributed by atoms with Gasteiger partial charge in [0.2, 0.25) is 0 Å². The maximum absolute atomic E-state index is 5.30. The lowest BCUT2D eigenvalue weighted by molar-refractivity contribution is 0.311. The van der Waals surface area contributed by atoms with Gasteiger partial charge in [-0.05, 0) is 43.5 Å². The average molecular weight is 341 g/mol. The largest absolute Gasteiger partial charge is 0.497 e. The molecule has 0 fully saturated rings. The highest BCUT2D eigenvalue weighted by molar-refractivity contribution is 5.31. The molecular formula is C22H32N2O. The fourth-order valence-electron chi connectivity index (χ4n) is 2.92. The molecule has 1 atom stereocenters. The molecule has 3 nitrogen and oxygen atoms in total. The van der Waals surface area contributed by atoms with Crippen LogP contribution in [-0.2, 0) is 6.42 Å². The first-order chi connectivity index (χ1) is 11.9. The molecule has 1 unspecified atom stereocenters. The van der Waals surface area contributed by atoms with Crippen molar-refractivity contribution in [3.05, 3.63) is 65.7 Å². The molecule has 0 radical (unpaired) electrons. The number of hydrogen-bond donors (Lipinski definition) is 2. The highest BCUT2D eigenvalue weighted by atomic mass is 16.5. The Morgan fingerprint density at radius 2 is 1.60 bits per heavy atom. The Kier molecular flexibility index (Phi) is 7.03. The van der Waals surface area contributed by atoms with Crippen molar-refractivity contribution in [2.24, 2.45) is 0 Å². The van der Waals surface area contributed by atoms with Crippen molar-refractivity contribution in [3.63, 3.8) is 0 Å². The topological polar surface area (TPSA) is 33.3 Å². The van der Waals surface area contributed by atoms with E-state index in [-0.39, 0.29) is 11.6 Å². The normalized spacial score (nSPS) is 13.0. The zero-order chi connectivity index (χ0) is 18.3. The van der Waals surface area contributed by atoms with Gasteiger partial charge in [0, 0.05) is 24.2 Å². The summed E-state index contributed by atoms with van der Waals surface area (Å²) in [5.41, 5.74) is 2.61. The van der Waals surface area contributed by atoms with Gasteiger partial charge in [-0.25, -0.2) is 0 Å². The molecule has 136 valence electrons. The minimum Gasteiger partial charge on any atom is -0.497 e. The first kappa shape index (κ1) is 19.5. The zero-order valence-corrected chi connectivity index (χ0v) is 16.2. The van der Waals surface area contributed by atoms with Crippen molar-refractivity contribution in [3.8, 4) is 5.75 Å². The molecule has 0 amide bonds. The zero-order valence-electron chi connectivity index (χ0n) is 16.2. The van der Waals surface area contributed by atoms with E-state index in [1.807, 2.05) is 12.1 Å². The Hall–Kier alpha value is -1.84. The van der Waals surface area contributed by atoms with E-state index in [1.165, 1.54) is 11.1 Å². The van der Waals surface area contributed by atoms with Crippen molar-refractivity contribution < 1.29 is 4.74 Å². The Morgan fingerprint density at radius 1 is 0.960 bits per heavy atom. The number of hydrogen-bond acceptors (Lipinski definition) is 3. The summed E-state index contributed by atoms with van der Waals surface area (Å²) >= 11 is 0. The van der Waals surface area contributed by atoms with Gasteiger partial charge in [-0.3, -0.25) is 0 Å². The maximum Gasteiger partial charge on any atom is 0.118 e. The lowest BCUT2D eigenvalue weighted by atomic mass is 9.94. The number of benzene rings is 2. The summed E-state index contributed by atoms with van der Waals surface area (Å²) in [6, 6.07) is 19.8. The fourth-order valence-corrected chi connectivity index (χ4v) is 2.92. The van der Waals surface area contributed by atoms with Crippen molar-refractivity contribution >= 4 is 0 Å². The van der Waals surface area contributed by atoms with Crippen molar-refractivity contribution in [1.29, 1.82) is 0 Å². The number of methoxy groups -OCH3 is 1. The van der Waals surface area contributed by atoms with E-state index >= 15 is 0 Å². The van der Waals surface area contributed by atoms with Crippen LogP contribution in [0.25, 0.3) is 0 Å². The second kappa shape index (κ2) is 9.02. The van der Waals surface area contributed by atoms with Gasteiger partial charge in [-0.2, -0.15) is 0 Å². The molecular weight excluding hydrogens is 308 g/mol. The highest BCUT2D eigenvalue weighted by Gasteiger charge is 2.23. The molecule has 2 rings (SSSR count). The van der Waals surface area contributed by atoms with Crippen molar-refractivity contribution in [1.82, 2.24) is 10.6 Å². The second-order valence-electron chi connectivity index (χ2n) is 7.58. The van der Waals surface area contributed by atoms with Gasteiger partial charge in [0.1, 0.15) is 5.75 Å². The van der Waals surface area contributed by atoms with Crippen LogP contribution in [0.2, 0.25) is 0 Å². The molecule has 0 aliphatic carbocycles. The molecule has 0 saturated carbocycles. The molecule has 0 aliphatic rings. The summed E-state index contributed by atoms with van der Waals surface area (Å²) in [5.74, 6) is 0.892. The Bertz CT molecular complexity index is 620. The quantitative estimate of drug-likeness (QED) is 0.712. The minimum absolute atomic E-state index is 0.0103. The molecule has 0 aliphatic heterocycles. The van der Waals surface area contributed by atoms with Gasteiger partial charge in [0.25, 0.3) is 0 Å². The van der Waals surface area contributed by atoms with E-state index < -0.39 is 0 Å². The van der Waals surface area contributed by atoms with Crippen LogP contribution in [0.3, 0.4) is 0 Å². The van der Waals surface area contributed by atoms with Gasteiger partial charge in [0.05, 0.1) is 7.11 Å². The molecule has 2 aromatic carbocycles. The van der Waals surface area contributed by atoms with Gasteiger partial charge < -0.3 is 15.4 Å². The third-order valence-electron chi connectivity index (χ3n) is 4.32. The molecule has 0 spiro atoms. The van der Waals surface area contributed by atoms with E-state index in [0.29, 0.717) is 6.04 Å². The van der Waals surface area contributed by atoms with Crippen LogP contribution in [0, 0.1) is 0 Å². The smallest absolute Gasteiger partial charge is 0.118 e. The Morgan fingerprint density at radius 3 is 2.16 bits per heavy atom. The summed E-state index contributed by atoms with van der Waals surface area (Å²) in [4.78, 5) is 0. The van der Waals surface area contributed by atoms with Crippen LogP contribution < -0.4 is 15.4 Å². The number of rotatable bonds is 9. The predicted octanol–water partition coefficient (Wildman–Crippen LogP) is 4.35. The molecule has 2 N–H and O–H groups in total. The third-order valence-corrected chi connectivity index (χ3v) is 4.32. The summed E-state index contributed by atoms with van der Waals surface area (Å²) < 4.78 is 5.30. The van der Waals surface area contributed by atoms with E-state index in [9.17, 15) is 0 Å². The van der Waals surface area contributed by atoms with Crippen LogP contribution in [0.4, 0.5) is 0 Å². The van der Waals surface area contributed by atoms with E-state index in [1.54, 1.807) is 7.11 Å². The molecule has 3 heteroatoms. The molecule has 0 aromatic heterocycles. The molecule has 25 heavy (non-hydrogen) atoms. The van der Waals surface area contributed by atoms with Crippen molar-refractivity contribution in [2.75, 3.05) is 13.7 Å². The molecule has 0 saturated heterocycles. The van der Waals surface area contributed by atoms with Gasteiger partial charge in [-0.15, -0.1) is 0 Å². The van der Waals surface area contributed by atoms with Crippen LogP contribution in [0.15, 0.2) is 54.6 Å². The Balaban J connectivity index is 2.18. The second-order valence-corrected chi connectivity index (χ2v) is 7.58. The molecule has 0 bridgehead atoms. The van der Waals surface area contributed by atoms with E-state index in [4.69, 9.17) is 4.74 Å². The maximum atomic E-state index is 5.30. The van der Waals surface area contributed by atoms with Crippen LogP contribution >= 0.6 is 0 Å². The van der Waals surface area contributed by atoms with Gasteiger partial charge in [0.15, 0.2) is 0 Å². The monoisotopic (exact) mass is 340 g/mol. The summed E-state index contributed by atoms with van der Waals surface area (Å²) in [6.07, 6.45) is 0.957. The highest BCUT2D eigenvalue weighted by Crippen LogP contribution is 2.24. The number of ether oxygens (including phenoxy) is 1. The Labute approximate surface area is 152 Å². The first-order valence-electron chi connectivity index (χ1n) is 9.08. The van der Waals surface area contributed by atoms with Gasteiger partial charge in [-0.1, -0.05) is 56.3 Å². The standard InChI is InChI=1S/C22H32N2O/c1-17(2)23-16-22(3,4)24-21(15-18-9-7-6-8-10-18)19-11-13-20(25-5)14-12-19/h6-14,17,21,23-24H,15-16H2,1-5H3. The van der Waals surface area contributed by atoms with Crippen LogP contribution in [0.1, 0.15) is 44.9 Å². The summed E-state index contributed by atoms with van der Waals surface area (Å²) in [5, 5.41) is 7.39. The molecule has 2 aromatic rings. The third kappa shape index (κ3) is 6.52. The average Bonchev–Trinajstić information content (AvgIpc) is 2.60. The predicted molar refractivity (Wildman–Crippen MR) is 106 cm³/mol. The van der Waals surface area contributed by atoms with Crippen LogP contribution in [0.5, 0.6) is 5.75 Å². The van der Waals surface area contributed by atoms with Crippen molar-refractivity contribution in [2.45, 2.75) is 51.7 Å². The minimum atomic E-state index is -0.0103. The molecule has 0 heterocycles.